The van der Waals surface area contributed by atoms with Crippen LogP contribution in [0.25, 0.3) is 0 Å². The molecule has 0 unspecified atom stereocenters. The molecule has 2 aromatic carbocycles. The van der Waals surface area contributed by atoms with Crippen LogP contribution in [0.4, 0.5) is 0 Å². The molecule has 2 rings (SSSR count). The lowest BCUT2D eigenvalue weighted by Gasteiger charge is -2.08. The Labute approximate surface area is 139 Å². The molecule has 0 bridgehead atoms. The number of carbonyl (C=O) groups is 1. The fourth-order valence-corrected chi connectivity index (χ4v) is 2.01. The van der Waals surface area contributed by atoms with Gasteiger partial charge in [-0.05, 0) is 37.1 Å². The largest absolute Gasteiger partial charge is 0.489 e. The average molecular weight is 314 g/mol. The summed E-state index contributed by atoms with van der Waals surface area (Å²) in [5.74, 6) is 0.644. The Kier molecular flexibility index (Phi) is 8.51. The first kappa shape index (κ1) is 18.8. The minimum Gasteiger partial charge on any atom is -0.489 e. The Morgan fingerprint density at radius 3 is 2.30 bits per heavy atom. The second kappa shape index (κ2) is 10.4. The topological polar surface area (TPSA) is 35.5 Å². The number of aryl methyl sites for hydroxylation is 1. The van der Waals surface area contributed by atoms with Crippen LogP contribution >= 0.6 is 0 Å². The number of hydrogen-bond acceptors (Lipinski definition) is 3. The van der Waals surface area contributed by atoms with Crippen LogP contribution in [0.3, 0.4) is 0 Å². The third-order valence-corrected chi connectivity index (χ3v) is 3.07. The molecule has 0 heterocycles. The van der Waals surface area contributed by atoms with Crippen LogP contribution in [-0.2, 0) is 22.6 Å². The number of hydrogen-bond donors (Lipinski definition) is 0. The smallest absolute Gasteiger partial charge is 0.310 e. The molecule has 0 saturated heterocycles. The molecule has 0 aliphatic carbocycles. The molecule has 0 radical (unpaired) electrons. The molecule has 0 amide bonds. The third-order valence-electron chi connectivity index (χ3n) is 3.07. The Morgan fingerprint density at radius 2 is 1.65 bits per heavy atom. The molecule has 23 heavy (non-hydrogen) atoms. The van der Waals surface area contributed by atoms with Gasteiger partial charge < -0.3 is 9.47 Å². The summed E-state index contributed by atoms with van der Waals surface area (Å²) < 4.78 is 10.7. The summed E-state index contributed by atoms with van der Waals surface area (Å²) in [5, 5.41) is 0. The van der Waals surface area contributed by atoms with Crippen LogP contribution in [0, 0.1) is 6.92 Å². The van der Waals surface area contributed by atoms with Crippen molar-refractivity contribution in [1.82, 2.24) is 0 Å². The molecule has 3 heteroatoms. The van der Waals surface area contributed by atoms with Crippen molar-refractivity contribution < 1.29 is 14.3 Å². The van der Waals surface area contributed by atoms with Crippen molar-refractivity contribution in [1.29, 1.82) is 0 Å². The van der Waals surface area contributed by atoms with Crippen molar-refractivity contribution in [2.24, 2.45) is 0 Å². The molecule has 0 N–H and O–H groups in total. The highest BCUT2D eigenvalue weighted by Crippen LogP contribution is 2.14. The van der Waals surface area contributed by atoms with E-state index in [1.165, 1.54) is 5.56 Å². The summed E-state index contributed by atoms with van der Waals surface area (Å²) in [5.41, 5.74) is 3.19. The summed E-state index contributed by atoms with van der Waals surface area (Å²) in [6.45, 7) is 8.75. The summed E-state index contributed by atoms with van der Waals surface area (Å²) in [6.07, 6.45) is 0.298. The minimum atomic E-state index is -0.200. The van der Waals surface area contributed by atoms with E-state index in [1.54, 1.807) is 0 Å². The van der Waals surface area contributed by atoms with E-state index in [0.717, 1.165) is 16.9 Å². The van der Waals surface area contributed by atoms with Gasteiger partial charge in [0, 0.05) is 0 Å². The maximum absolute atomic E-state index is 11.5. The van der Waals surface area contributed by atoms with Crippen molar-refractivity contribution >= 4 is 5.97 Å². The van der Waals surface area contributed by atoms with Gasteiger partial charge in [0.25, 0.3) is 0 Å². The van der Waals surface area contributed by atoms with Crippen LogP contribution < -0.4 is 4.74 Å². The van der Waals surface area contributed by atoms with Crippen LogP contribution in [0.5, 0.6) is 5.75 Å². The van der Waals surface area contributed by atoms with E-state index < -0.39 is 0 Å². The highest BCUT2D eigenvalue weighted by molar-refractivity contribution is 5.72. The monoisotopic (exact) mass is 314 g/mol. The maximum Gasteiger partial charge on any atom is 0.310 e. The second-order valence-electron chi connectivity index (χ2n) is 4.90. The molecule has 0 fully saturated rings. The van der Waals surface area contributed by atoms with Gasteiger partial charge in [-0.1, -0.05) is 55.8 Å². The average Bonchev–Trinajstić information content (AvgIpc) is 2.57. The molecule has 0 spiro atoms. The van der Waals surface area contributed by atoms with E-state index in [4.69, 9.17) is 9.47 Å². The lowest BCUT2D eigenvalue weighted by Crippen LogP contribution is -2.07. The molecule has 3 nitrogen and oxygen atoms in total. The van der Waals surface area contributed by atoms with Gasteiger partial charge in [0.1, 0.15) is 12.4 Å². The zero-order valence-electron chi connectivity index (χ0n) is 14.5. The van der Waals surface area contributed by atoms with Gasteiger partial charge in [-0.25, -0.2) is 0 Å². The van der Waals surface area contributed by atoms with Crippen LogP contribution in [0.2, 0.25) is 0 Å². The lowest BCUT2D eigenvalue weighted by molar-refractivity contribution is -0.142. The van der Waals surface area contributed by atoms with Crippen molar-refractivity contribution in [3.8, 4) is 5.75 Å². The number of benzene rings is 2. The van der Waals surface area contributed by atoms with Crippen LogP contribution in [0.15, 0.2) is 48.5 Å². The van der Waals surface area contributed by atoms with E-state index in [2.05, 4.69) is 0 Å². The van der Waals surface area contributed by atoms with E-state index in [-0.39, 0.29) is 5.97 Å². The Bertz CT molecular complexity index is 588. The van der Waals surface area contributed by atoms with Gasteiger partial charge in [0.05, 0.1) is 13.0 Å². The first-order chi connectivity index (χ1) is 11.2. The molecule has 0 aliphatic heterocycles. The van der Waals surface area contributed by atoms with Crippen molar-refractivity contribution in [3.63, 3.8) is 0 Å². The minimum absolute atomic E-state index is 0.200. The predicted molar refractivity (Wildman–Crippen MR) is 93.6 cm³/mol. The Hall–Kier alpha value is -2.29. The highest BCUT2D eigenvalue weighted by atomic mass is 16.5. The lowest BCUT2D eigenvalue weighted by atomic mass is 10.1. The normalized spacial score (nSPS) is 9.57. The zero-order chi connectivity index (χ0) is 17.1. The molecule has 0 aliphatic rings. The SMILES string of the molecule is CC.CCOC(=O)Cc1cccc(COc2ccc(C)cc2)c1. The summed E-state index contributed by atoms with van der Waals surface area (Å²) in [7, 11) is 0. The van der Waals surface area contributed by atoms with E-state index in [1.807, 2.05) is 76.2 Å². The number of carbonyl (C=O) groups excluding carboxylic acids is 1. The van der Waals surface area contributed by atoms with E-state index >= 15 is 0 Å². The molecule has 124 valence electrons. The summed E-state index contributed by atoms with van der Waals surface area (Å²) in [4.78, 5) is 11.5. The Morgan fingerprint density at radius 1 is 1.00 bits per heavy atom. The van der Waals surface area contributed by atoms with Crippen LogP contribution in [-0.4, -0.2) is 12.6 Å². The predicted octanol–water partition coefficient (Wildman–Crippen LogP) is 4.71. The van der Waals surface area contributed by atoms with Gasteiger partial charge in [-0.3, -0.25) is 4.79 Å². The number of ether oxygens (including phenoxy) is 2. The number of esters is 1. The number of rotatable bonds is 6. The van der Waals surface area contributed by atoms with Crippen molar-refractivity contribution in [2.75, 3.05) is 6.61 Å². The van der Waals surface area contributed by atoms with Crippen molar-refractivity contribution in [3.05, 3.63) is 65.2 Å². The first-order valence-corrected chi connectivity index (χ1v) is 8.10. The summed E-state index contributed by atoms with van der Waals surface area (Å²) >= 11 is 0. The van der Waals surface area contributed by atoms with Gasteiger partial charge in [0.2, 0.25) is 0 Å². The standard InChI is InChI=1S/C18H20O3.C2H6/c1-3-20-18(19)12-15-5-4-6-16(11-15)13-21-17-9-7-14(2)8-10-17;1-2/h4-11H,3,12-13H2,1-2H3;1-2H3. The zero-order valence-corrected chi connectivity index (χ0v) is 14.5. The van der Waals surface area contributed by atoms with Gasteiger partial charge >= 0.3 is 5.97 Å². The fraction of sp³-hybridized carbons (Fsp3) is 0.350. The molecule has 2 aromatic rings. The molecule has 0 atom stereocenters. The van der Waals surface area contributed by atoms with Gasteiger partial charge in [-0.2, -0.15) is 0 Å². The highest BCUT2D eigenvalue weighted by Gasteiger charge is 2.05. The van der Waals surface area contributed by atoms with Gasteiger partial charge in [0.15, 0.2) is 0 Å². The Balaban J connectivity index is 0.00000127. The van der Waals surface area contributed by atoms with Gasteiger partial charge in [-0.15, -0.1) is 0 Å². The maximum atomic E-state index is 11.5. The quantitative estimate of drug-likeness (QED) is 0.725. The summed E-state index contributed by atoms with van der Waals surface area (Å²) in [6, 6.07) is 15.8. The molecule has 0 saturated carbocycles. The van der Waals surface area contributed by atoms with Crippen LogP contribution in [0.1, 0.15) is 37.5 Å². The van der Waals surface area contributed by atoms with E-state index in [0.29, 0.717) is 19.6 Å². The molecule has 0 aromatic heterocycles. The third kappa shape index (κ3) is 7.00. The molecular weight excluding hydrogens is 288 g/mol. The van der Waals surface area contributed by atoms with E-state index in [9.17, 15) is 4.79 Å². The fourth-order valence-electron chi connectivity index (χ4n) is 2.01. The molecular formula is C20H26O3. The first-order valence-electron chi connectivity index (χ1n) is 8.10. The second-order valence-corrected chi connectivity index (χ2v) is 4.90. The van der Waals surface area contributed by atoms with Crippen molar-refractivity contribution in [2.45, 2.75) is 40.7 Å².